The molecule has 0 aliphatic rings. The molecule has 9 nitrogen and oxygen atoms in total. The molecule has 0 saturated carbocycles. The number of allylic oxidation sites excluding steroid dienone is 8. The van der Waals surface area contributed by atoms with E-state index in [9.17, 15) is 19.0 Å². The van der Waals surface area contributed by atoms with E-state index in [0.717, 1.165) is 38.5 Å². The molecule has 0 aromatic carbocycles. The van der Waals surface area contributed by atoms with Gasteiger partial charge in [-0.1, -0.05) is 159 Å². The molecule has 0 saturated heterocycles. The van der Waals surface area contributed by atoms with Crippen LogP contribution >= 0.6 is 7.82 Å². The van der Waals surface area contributed by atoms with E-state index in [1.165, 1.54) is 103 Å². The van der Waals surface area contributed by atoms with E-state index in [0.29, 0.717) is 23.9 Å². The Balaban J connectivity index is 4.48. The number of carbonyl (C=O) groups is 2. The molecule has 1 unspecified atom stereocenters. The number of ether oxygens (including phenoxy) is 2. The van der Waals surface area contributed by atoms with E-state index in [1.807, 2.05) is 27.2 Å². The Bertz CT molecular complexity index is 1100. The molecule has 0 heterocycles. The molecule has 2 atom stereocenters. The van der Waals surface area contributed by atoms with Gasteiger partial charge in [-0.15, -0.1) is 0 Å². The second kappa shape index (κ2) is 38.5. The summed E-state index contributed by atoms with van der Waals surface area (Å²) in [6.45, 7) is 4.31. The Morgan fingerprint density at radius 1 is 0.554 bits per heavy atom. The molecule has 0 aliphatic heterocycles. The zero-order chi connectivity index (χ0) is 41.4. The number of hydrogen-bond donors (Lipinski definition) is 1. The van der Waals surface area contributed by atoms with E-state index in [1.54, 1.807) is 0 Å². The van der Waals surface area contributed by atoms with Crippen LogP contribution < -0.4 is 0 Å². The van der Waals surface area contributed by atoms with Gasteiger partial charge < -0.3 is 18.9 Å². The molecule has 0 radical (unpaired) electrons. The van der Waals surface area contributed by atoms with Crippen molar-refractivity contribution >= 4 is 19.8 Å². The lowest BCUT2D eigenvalue weighted by atomic mass is 10.1. The highest BCUT2D eigenvalue weighted by atomic mass is 31.2. The average Bonchev–Trinajstić information content (AvgIpc) is 3.15. The maximum Gasteiger partial charge on any atom is 0.472 e. The maximum atomic E-state index is 12.7. The number of esters is 2. The molecule has 0 fully saturated rings. The lowest BCUT2D eigenvalue weighted by Crippen LogP contribution is -2.37. The van der Waals surface area contributed by atoms with Crippen LogP contribution in [0.15, 0.2) is 48.6 Å². The fraction of sp³-hybridized carbons (Fsp3) is 0.783. The fourth-order valence-electron chi connectivity index (χ4n) is 5.81. The molecule has 0 aliphatic carbocycles. The normalized spacial score (nSPS) is 14.0. The van der Waals surface area contributed by atoms with Crippen LogP contribution in [-0.2, 0) is 32.7 Å². The minimum Gasteiger partial charge on any atom is -0.462 e. The van der Waals surface area contributed by atoms with Gasteiger partial charge in [0.15, 0.2) is 6.10 Å². The summed E-state index contributed by atoms with van der Waals surface area (Å²) in [6.07, 6.45) is 44.7. The SMILES string of the molecule is CCCCCCCC/C=C/C/C=C/C/C=C/CCCC(=O)OC[C@H](COP(=O)(O)OCC[N+](C)(C)C)OC(=O)CC/C=C/CCCCCCCCCCCCC. The van der Waals surface area contributed by atoms with Gasteiger partial charge in [-0.25, -0.2) is 4.57 Å². The summed E-state index contributed by atoms with van der Waals surface area (Å²) in [4.78, 5) is 35.3. The predicted molar refractivity (Wildman–Crippen MR) is 233 cm³/mol. The van der Waals surface area contributed by atoms with Gasteiger partial charge in [-0.05, 0) is 57.8 Å². The number of likely N-dealkylation sites (N-methyl/N-ethyl adjacent to an activating group) is 1. The van der Waals surface area contributed by atoms with Gasteiger partial charge in [-0.2, -0.15) is 0 Å². The van der Waals surface area contributed by atoms with Crippen molar-refractivity contribution in [2.24, 2.45) is 0 Å². The molecule has 56 heavy (non-hydrogen) atoms. The third-order valence-electron chi connectivity index (χ3n) is 9.34. The molecule has 1 N–H and O–H groups in total. The highest BCUT2D eigenvalue weighted by Gasteiger charge is 2.27. The largest absolute Gasteiger partial charge is 0.472 e. The number of quaternary nitrogens is 1. The van der Waals surface area contributed by atoms with Crippen molar-refractivity contribution < 1.29 is 42.1 Å². The zero-order valence-corrected chi connectivity index (χ0v) is 37.5. The smallest absolute Gasteiger partial charge is 0.462 e. The number of carbonyl (C=O) groups excluding carboxylic acids is 2. The molecular weight excluding hydrogens is 725 g/mol. The molecule has 0 spiro atoms. The minimum absolute atomic E-state index is 0.0175. The van der Waals surface area contributed by atoms with Crippen molar-refractivity contribution in [1.29, 1.82) is 0 Å². The van der Waals surface area contributed by atoms with Crippen molar-refractivity contribution in [2.75, 3.05) is 47.5 Å². The number of phosphoric ester groups is 1. The Kier molecular flexibility index (Phi) is 37.1. The predicted octanol–water partition coefficient (Wildman–Crippen LogP) is 12.7. The minimum atomic E-state index is -4.39. The number of nitrogens with zero attached hydrogens (tertiary/aromatic N) is 1. The Morgan fingerprint density at radius 2 is 1.00 bits per heavy atom. The van der Waals surface area contributed by atoms with Crippen LogP contribution in [0.5, 0.6) is 0 Å². The molecule has 0 bridgehead atoms. The maximum absolute atomic E-state index is 12.7. The Labute approximate surface area is 343 Å². The first kappa shape index (κ1) is 54.0. The van der Waals surface area contributed by atoms with Crippen LogP contribution in [0.25, 0.3) is 0 Å². The van der Waals surface area contributed by atoms with E-state index >= 15 is 0 Å². The highest BCUT2D eigenvalue weighted by molar-refractivity contribution is 7.47. The summed E-state index contributed by atoms with van der Waals surface area (Å²) in [5.41, 5.74) is 0. The van der Waals surface area contributed by atoms with Gasteiger partial charge in [0.2, 0.25) is 0 Å². The number of hydrogen-bond acceptors (Lipinski definition) is 7. The molecule has 10 heteroatoms. The number of unbranched alkanes of at least 4 members (excludes halogenated alkanes) is 18. The van der Waals surface area contributed by atoms with E-state index in [-0.39, 0.29) is 26.1 Å². The van der Waals surface area contributed by atoms with Crippen LogP contribution in [0.3, 0.4) is 0 Å². The van der Waals surface area contributed by atoms with Crippen molar-refractivity contribution in [3.05, 3.63) is 48.6 Å². The van der Waals surface area contributed by atoms with Crippen LogP contribution in [0, 0.1) is 0 Å². The van der Waals surface area contributed by atoms with Gasteiger partial charge in [0.1, 0.15) is 19.8 Å². The lowest BCUT2D eigenvalue weighted by Gasteiger charge is -2.24. The summed E-state index contributed by atoms with van der Waals surface area (Å²) in [5, 5.41) is 0. The topological polar surface area (TPSA) is 108 Å². The fourth-order valence-corrected chi connectivity index (χ4v) is 6.55. The number of rotatable bonds is 40. The van der Waals surface area contributed by atoms with E-state index < -0.39 is 32.5 Å². The summed E-state index contributed by atoms with van der Waals surface area (Å²) in [5.74, 6) is -0.917. The van der Waals surface area contributed by atoms with Crippen LogP contribution in [0.2, 0.25) is 0 Å². The Hall–Kier alpha value is -2.03. The molecule has 0 amide bonds. The van der Waals surface area contributed by atoms with Crippen LogP contribution in [0.1, 0.15) is 181 Å². The summed E-state index contributed by atoms with van der Waals surface area (Å²) in [7, 11) is 1.43. The van der Waals surface area contributed by atoms with Crippen LogP contribution in [0.4, 0.5) is 0 Å². The second-order valence-corrected chi connectivity index (χ2v) is 17.5. The third kappa shape index (κ3) is 41.6. The third-order valence-corrected chi connectivity index (χ3v) is 10.3. The van der Waals surface area contributed by atoms with Gasteiger partial charge in [0, 0.05) is 12.8 Å². The van der Waals surface area contributed by atoms with Crippen molar-refractivity contribution in [3.63, 3.8) is 0 Å². The lowest BCUT2D eigenvalue weighted by molar-refractivity contribution is -0.870. The standard InChI is InChI=1S/C46H84NO8P/c1-6-8-10-12-14-16-18-20-22-23-25-26-28-30-32-34-36-38-45(48)52-42-44(43-54-56(50,51)53-41-40-47(3,4)5)55-46(49)39-37-35-33-31-29-27-24-21-19-17-15-13-11-9-7-2/h20,22,25-26,30,32-33,35,44H,6-19,21,23-24,27-29,31,34,36-43H2,1-5H3/p+1/b22-20+,26-25+,32-30+,35-33+/t44-/m1/s1. The quantitative estimate of drug-likeness (QED) is 0.0214. The van der Waals surface area contributed by atoms with E-state index in [2.05, 4.69) is 56.4 Å². The second-order valence-electron chi connectivity index (χ2n) is 16.1. The van der Waals surface area contributed by atoms with Gasteiger partial charge >= 0.3 is 19.8 Å². The molecule has 0 aromatic rings. The highest BCUT2D eigenvalue weighted by Crippen LogP contribution is 2.43. The molecule has 0 rings (SSSR count). The average molecular weight is 811 g/mol. The van der Waals surface area contributed by atoms with Crippen LogP contribution in [-0.4, -0.2) is 74.9 Å². The number of phosphoric acid groups is 1. The first-order valence-corrected chi connectivity index (χ1v) is 23.9. The first-order valence-electron chi connectivity index (χ1n) is 22.4. The van der Waals surface area contributed by atoms with E-state index in [4.69, 9.17) is 18.5 Å². The first-order chi connectivity index (χ1) is 27.0. The monoisotopic (exact) mass is 811 g/mol. The molecule has 0 aromatic heterocycles. The molecular formula is C46H85NO8P+. The zero-order valence-electron chi connectivity index (χ0n) is 36.6. The van der Waals surface area contributed by atoms with Gasteiger partial charge in [0.25, 0.3) is 0 Å². The summed E-state index contributed by atoms with van der Waals surface area (Å²) >= 11 is 0. The Morgan fingerprint density at radius 3 is 1.52 bits per heavy atom. The summed E-state index contributed by atoms with van der Waals surface area (Å²) in [6, 6.07) is 0. The van der Waals surface area contributed by atoms with Crippen molar-refractivity contribution in [3.8, 4) is 0 Å². The molecule has 326 valence electrons. The van der Waals surface area contributed by atoms with Crippen molar-refractivity contribution in [2.45, 2.75) is 187 Å². The van der Waals surface area contributed by atoms with Gasteiger partial charge in [-0.3, -0.25) is 18.6 Å². The van der Waals surface area contributed by atoms with Gasteiger partial charge in [0.05, 0.1) is 27.7 Å². The summed E-state index contributed by atoms with van der Waals surface area (Å²) < 4.78 is 34.2. The van der Waals surface area contributed by atoms with Crippen molar-refractivity contribution in [1.82, 2.24) is 0 Å².